The van der Waals surface area contributed by atoms with Crippen molar-refractivity contribution in [2.24, 2.45) is 5.73 Å². The lowest BCUT2D eigenvalue weighted by Gasteiger charge is -2.25. The van der Waals surface area contributed by atoms with Crippen LogP contribution >= 0.6 is 0 Å². The monoisotopic (exact) mass is 254 g/mol. The van der Waals surface area contributed by atoms with E-state index in [0.717, 1.165) is 32.1 Å². The molecule has 2 aliphatic carbocycles. The molecular weight excluding hydrogens is 228 g/mol. The summed E-state index contributed by atoms with van der Waals surface area (Å²) in [5.74, 6) is 0.0439. The Morgan fingerprint density at radius 2 is 1.94 bits per heavy atom. The zero-order chi connectivity index (χ0) is 13.0. The molecule has 2 rings (SSSR count). The summed E-state index contributed by atoms with van der Waals surface area (Å²) in [6, 6.07) is 0.617. The molecular formula is C14H26N2O2. The summed E-state index contributed by atoms with van der Waals surface area (Å²) in [5, 5.41) is 3.11. The zero-order valence-electron chi connectivity index (χ0n) is 11.4. The number of carbonyl (C=O) groups is 1. The second-order valence-corrected chi connectivity index (χ2v) is 5.82. The van der Waals surface area contributed by atoms with Crippen LogP contribution in [0, 0.1) is 0 Å². The molecule has 18 heavy (non-hydrogen) atoms. The molecule has 0 aromatic rings. The molecule has 2 fully saturated rings. The number of hydrogen-bond donors (Lipinski definition) is 2. The first-order chi connectivity index (χ1) is 8.65. The van der Waals surface area contributed by atoms with Gasteiger partial charge in [-0.25, -0.2) is 0 Å². The number of hydrogen-bond acceptors (Lipinski definition) is 3. The maximum Gasteiger partial charge on any atom is 0.249 e. The second-order valence-electron chi connectivity index (χ2n) is 5.82. The average Bonchev–Trinajstić information content (AvgIpc) is 2.76. The van der Waals surface area contributed by atoms with Crippen LogP contribution in [0.3, 0.4) is 0 Å². The molecule has 2 saturated carbocycles. The fourth-order valence-electron chi connectivity index (χ4n) is 3.01. The molecule has 0 saturated heterocycles. The lowest BCUT2D eigenvalue weighted by Crippen LogP contribution is -2.43. The van der Waals surface area contributed by atoms with Gasteiger partial charge in [-0.15, -0.1) is 0 Å². The van der Waals surface area contributed by atoms with Gasteiger partial charge in [-0.05, 0) is 39.0 Å². The molecule has 4 nitrogen and oxygen atoms in total. The van der Waals surface area contributed by atoms with Crippen LogP contribution in [0.2, 0.25) is 0 Å². The lowest BCUT2D eigenvalue weighted by molar-refractivity contribution is -0.136. The summed E-state index contributed by atoms with van der Waals surface area (Å²) < 4.78 is 5.79. The van der Waals surface area contributed by atoms with Gasteiger partial charge >= 0.3 is 0 Å². The molecule has 0 spiro atoms. The maximum atomic E-state index is 12.0. The highest BCUT2D eigenvalue weighted by Gasteiger charge is 2.27. The quantitative estimate of drug-likeness (QED) is 0.803. The maximum absolute atomic E-state index is 12.0. The predicted octanol–water partition coefficient (Wildman–Crippen LogP) is 1.72. The van der Waals surface area contributed by atoms with E-state index in [4.69, 9.17) is 10.5 Å². The van der Waals surface area contributed by atoms with E-state index >= 15 is 0 Å². The van der Waals surface area contributed by atoms with Crippen LogP contribution < -0.4 is 11.1 Å². The molecule has 4 heteroatoms. The first kappa shape index (κ1) is 13.8. The molecule has 0 radical (unpaired) electrons. The minimum Gasteiger partial charge on any atom is -0.365 e. The molecule has 1 amide bonds. The summed E-state index contributed by atoms with van der Waals surface area (Å²) in [4.78, 5) is 12.0. The van der Waals surface area contributed by atoms with Gasteiger partial charge in [-0.1, -0.05) is 19.3 Å². The van der Waals surface area contributed by atoms with Crippen molar-refractivity contribution in [1.82, 2.24) is 5.32 Å². The average molecular weight is 254 g/mol. The van der Waals surface area contributed by atoms with E-state index in [2.05, 4.69) is 5.32 Å². The van der Waals surface area contributed by atoms with Crippen LogP contribution in [0.15, 0.2) is 0 Å². The van der Waals surface area contributed by atoms with Crippen molar-refractivity contribution in [2.45, 2.75) is 82.6 Å². The van der Waals surface area contributed by atoms with Gasteiger partial charge in [-0.2, -0.15) is 0 Å². The normalized spacial score (nSPS) is 31.2. The van der Waals surface area contributed by atoms with Gasteiger partial charge < -0.3 is 15.8 Å². The van der Waals surface area contributed by atoms with Gasteiger partial charge in [0.1, 0.15) is 6.10 Å². The van der Waals surface area contributed by atoms with Crippen LogP contribution in [0.5, 0.6) is 0 Å². The molecule has 0 aliphatic heterocycles. The fourth-order valence-corrected chi connectivity index (χ4v) is 3.01. The van der Waals surface area contributed by atoms with Gasteiger partial charge in [0.05, 0.1) is 6.10 Å². The van der Waals surface area contributed by atoms with Crippen LogP contribution in [0.4, 0.5) is 0 Å². The van der Waals surface area contributed by atoms with E-state index in [0.29, 0.717) is 6.04 Å². The summed E-state index contributed by atoms with van der Waals surface area (Å²) in [6.45, 7) is 1.85. The van der Waals surface area contributed by atoms with Crippen LogP contribution in [0.25, 0.3) is 0 Å². The Morgan fingerprint density at radius 3 is 2.56 bits per heavy atom. The second kappa shape index (κ2) is 6.53. The van der Waals surface area contributed by atoms with E-state index in [9.17, 15) is 4.79 Å². The SMILES string of the molecule is CC(OC1CCC(N)C1)C(=O)NC1CCCCC1. The molecule has 2 aliphatic rings. The van der Waals surface area contributed by atoms with E-state index in [-0.39, 0.29) is 24.2 Å². The third kappa shape index (κ3) is 3.95. The Bertz CT molecular complexity index is 277. The Balaban J connectivity index is 1.70. The molecule has 0 bridgehead atoms. The molecule has 3 atom stereocenters. The van der Waals surface area contributed by atoms with Crippen molar-refractivity contribution in [1.29, 1.82) is 0 Å². The van der Waals surface area contributed by atoms with Crippen LogP contribution in [0.1, 0.15) is 58.3 Å². The Labute approximate surface area is 110 Å². The van der Waals surface area contributed by atoms with Crippen molar-refractivity contribution < 1.29 is 9.53 Å². The van der Waals surface area contributed by atoms with Gasteiger partial charge in [0.25, 0.3) is 0 Å². The van der Waals surface area contributed by atoms with E-state index in [1.807, 2.05) is 6.92 Å². The van der Waals surface area contributed by atoms with Crippen molar-refractivity contribution in [3.63, 3.8) is 0 Å². The highest BCUT2D eigenvalue weighted by Crippen LogP contribution is 2.22. The predicted molar refractivity (Wildman–Crippen MR) is 71.2 cm³/mol. The number of nitrogens with two attached hydrogens (primary N) is 1. The van der Waals surface area contributed by atoms with Crippen LogP contribution in [-0.4, -0.2) is 30.2 Å². The Kier molecular flexibility index (Phi) is 5.01. The minimum absolute atomic E-state index is 0.0439. The molecule has 3 N–H and O–H groups in total. The number of rotatable bonds is 4. The smallest absolute Gasteiger partial charge is 0.249 e. The number of amides is 1. The van der Waals surface area contributed by atoms with Crippen LogP contribution in [-0.2, 0) is 9.53 Å². The van der Waals surface area contributed by atoms with E-state index in [1.54, 1.807) is 0 Å². The van der Waals surface area contributed by atoms with Crippen molar-refractivity contribution >= 4 is 5.91 Å². The number of carbonyl (C=O) groups excluding carboxylic acids is 1. The highest BCUT2D eigenvalue weighted by atomic mass is 16.5. The van der Waals surface area contributed by atoms with Crippen molar-refractivity contribution in [2.75, 3.05) is 0 Å². The first-order valence-electron chi connectivity index (χ1n) is 7.36. The summed E-state index contributed by atoms with van der Waals surface area (Å²) in [6.07, 6.45) is 8.73. The van der Waals surface area contributed by atoms with Gasteiger partial charge in [0.2, 0.25) is 5.91 Å². The zero-order valence-corrected chi connectivity index (χ0v) is 11.4. The van der Waals surface area contributed by atoms with Gasteiger partial charge in [-0.3, -0.25) is 4.79 Å². The molecule has 104 valence electrons. The van der Waals surface area contributed by atoms with Crippen molar-refractivity contribution in [3.05, 3.63) is 0 Å². The standard InChI is InChI=1S/C14H26N2O2/c1-10(18-13-8-7-11(15)9-13)14(17)16-12-5-3-2-4-6-12/h10-13H,2-9,15H2,1H3,(H,16,17). The van der Waals surface area contributed by atoms with Crippen molar-refractivity contribution in [3.8, 4) is 0 Å². The molecule has 0 aromatic carbocycles. The van der Waals surface area contributed by atoms with Gasteiger partial charge in [0.15, 0.2) is 0 Å². The number of ether oxygens (including phenoxy) is 1. The van der Waals surface area contributed by atoms with E-state index in [1.165, 1.54) is 19.3 Å². The molecule has 0 heterocycles. The van der Waals surface area contributed by atoms with Gasteiger partial charge in [0, 0.05) is 12.1 Å². The highest BCUT2D eigenvalue weighted by molar-refractivity contribution is 5.80. The largest absolute Gasteiger partial charge is 0.365 e. The fraction of sp³-hybridized carbons (Fsp3) is 0.929. The Hall–Kier alpha value is -0.610. The third-order valence-corrected chi connectivity index (χ3v) is 4.14. The minimum atomic E-state index is -0.345. The molecule has 3 unspecified atom stereocenters. The molecule has 0 aromatic heterocycles. The summed E-state index contributed by atoms with van der Waals surface area (Å²) in [5.41, 5.74) is 5.85. The number of nitrogens with one attached hydrogen (secondary N) is 1. The first-order valence-corrected chi connectivity index (χ1v) is 7.36. The summed E-state index contributed by atoms with van der Waals surface area (Å²) >= 11 is 0. The summed E-state index contributed by atoms with van der Waals surface area (Å²) in [7, 11) is 0. The Morgan fingerprint density at radius 1 is 1.22 bits per heavy atom. The lowest BCUT2D eigenvalue weighted by atomic mass is 9.95. The third-order valence-electron chi connectivity index (χ3n) is 4.14. The van der Waals surface area contributed by atoms with E-state index < -0.39 is 0 Å². The topological polar surface area (TPSA) is 64.3 Å².